The molecule has 0 unspecified atom stereocenters. The molecule has 0 spiro atoms. The van der Waals surface area contributed by atoms with E-state index in [-0.39, 0.29) is 11.9 Å². The third-order valence-corrected chi connectivity index (χ3v) is 4.53. The predicted molar refractivity (Wildman–Crippen MR) is 95.6 cm³/mol. The van der Waals surface area contributed by atoms with Gasteiger partial charge in [0, 0.05) is 30.4 Å². The first kappa shape index (κ1) is 15.6. The number of hydrogen-bond acceptors (Lipinski definition) is 5. The van der Waals surface area contributed by atoms with E-state index in [1.54, 1.807) is 18.2 Å². The number of nitrogens with zero attached hydrogens (tertiary/aromatic N) is 4. The zero-order valence-corrected chi connectivity index (χ0v) is 14.1. The van der Waals surface area contributed by atoms with Crippen LogP contribution in [-0.4, -0.2) is 45.4 Å². The number of piperidine rings is 1. The molecular weight excluding hydrogens is 316 g/mol. The summed E-state index contributed by atoms with van der Waals surface area (Å²) in [4.78, 5) is 19.4. The van der Waals surface area contributed by atoms with Crippen LogP contribution in [0.4, 0.5) is 5.82 Å². The molecule has 1 atom stereocenters. The summed E-state index contributed by atoms with van der Waals surface area (Å²) in [6.45, 7) is 3.73. The zero-order valence-electron chi connectivity index (χ0n) is 14.1. The van der Waals surface area contributed by atoms with Crippen LogP contribution in [-0.2, 0) is 0 Å². The molecule has 4 rings (SSSR count). The fourth-order valence-corrected chi connectivity index (χ4v) is 3.26. The van der Waals surface area contributed by atoms with Crippen molar-refractivity contribution < 1.29 is 4.79 Å². The minimum atomic E-state index is -0.0750. The average Bonchev–Trinajstić information content (AvgIpc) is 3.09. The molecule has 7 nitrogen and oxygen atoms in total. The number of H-pyrrole nitrogens is 1. The summed E-state index contributed by atoms with van der Waals surface area (Å²) >= 11 is 0. The van der Waals surface area contributed by atoms with Crippen molar-refractivity contribution in [1.82, 2.24) is 25.7 Å². The van der Waals surface area contributed by atoms with E-state index in [0.29, 0.717) is 11.1 Å². The number of carbonyl (C=O) groups excluding carboxylic acids is 1. The van der Waals surface area contributed by atoms with Gasteiger partial charge in [-0.25, -0.2) is 4.98 Å². The second-order valence-electron chi connectivity index (χ2n) is 6.42. The molecule has 1 aliphatic rings. The lowest BCUT2D eigenvalue weighted by Gasteiger charge is -2.34. The molecule has 1 aliphatic heterocycles. The minimum absolute atomic E-state index is 0.0750. The number of hydrogen-bond donors (Lipinski definition) is 2. The van der Waals surface area contributed by atoms with Crippen LogP contribution in [0.3, 0.4) is 0 Å². The summed E-state index contributed by atoms with van der Waals surface area (Å²) in [5.74, 6) is 0.900. The largest absolute Gasteiger partial charge is 0.355 e. The lowest BCUT2D eigenvalue weighted by atomic mass is 10.0. The van der Waals surface area contributed by atoms with E-state index in [2.05, 4.69) is 30.6 Å². The molecule has 0 saturated carbocycles. The molecule has 1 saturated heterocycles. The maximum absolute atomic E-state index is 12.6. The van der Waals surface area contributed by atoms with Gasteiger partial charge in [0.05, 0.1) is 0 Å². The highest BCUT2D eigenvalue weighted by atomic mass is 16.1. The van der Waals surface area contributed by atoms with Gasteiger partial charge in [-0.05, 0) is 50.1 Å². The Morgan fingerprint density at radius 3 is 3.00 bits per heavy atom. The van der Waals surface area contributed by atoms with E-state index in [4.69, 9.17) is 0 Å². The minimum Gasteiger partial charge on any atom is -0.355 e. The first-order chi connectivity index (χ1) is 12.2. The Morgan fingerprint density at radius 1 is 1.24 bits per heavy atom. The SMILES string of the molecule is Cc1cccc(N2CCC[C@H](NC(=O)c3ccc4n[nH]nc4c3)C2)n1. The van der Waals surface area contributed by atoms with Crippen molar-refractivity contribution in [2.75, 3.05) is 18.0 Å². The molecule has 3 heterocycles. The molecule has 2 N–H and O–H groups in total. The number of pyridine rings is 1. The van der Waals surface area contributed by atoms with Gasteiger partial charge in [0.2, 0.25) is 0 Å². The average molecular weight is 336 g/mol. The van der Waals surface area contributed by atoms with E-state index in [1.165, 1.54) is 0 Å². The normalized spacial score (nSPS) is 17.6. The number of anilines is 1. The number of benzene rings is 1. The van der Waals surface area contributed by atoms with Crippen molar-refractivity contribution in [2.24, 2.45) is 0 Å². The first-order valence-corrected chi connectivity index (χ1v) is 8.49. The Labute approximate surface area is 145 Å². The summed E-state index contributed by atoms with van der Waals surface area (Å²) in [5, 5.41) is 13.7. The fourth-order valence-electron chi connectivity index (χ4n) is 3.26. The molecule has 0 aliphatic carbocycles. The zero-order chi connectivity index (χ0) is 17.2. The van der Waals surface area contributed by atoms with Crippen molar-refractivity contribution in [2.45, 2.75) is 25.8 Å². The van der Waals surface area contributed by atoms with Gasteiger partial charge in [0.25, 0.3) is 5.91 Å². The highest BCUT2D eigenvalue weighted by molar-refractivity contribution is 5.97. The van der Waals surface area contributed by atoms with Crippen LogP contribution in [0.5, 0.6) is 0 Å². The van der Waals surface area contributed by atoms with Crippen molar-refractivity contribution >= 4 is 22.8 Å². The maximum atomic E-state index is 12.6. The Bertz CT molecular complexity index is 905. The van der Waals surface area contributed by atoms with E-state index in [0.717, 1.165) is 43.0 Å². The summed E-state index contributed by atoms with van der Waals surface area (Å²) in [7, 11) is 0. The van der Waals surface area contributed by atoms with Crippen molar-refractivity contribution in [3.8, 4) is 0 Å². The number of aromatic nitrogens is 4. The summed E-state index contributed by atoms with van der Waals surface area (Å²) in [5.41, 5.74) is 3.06. The topological polar surface area (TPSA) is 86.8 Å². The van der Waals surface area contributed by atoms with Crippen LogP contribution >= 0.6 is 0 Å². The van der Waals surface area contributed by atoms with E-state index in [1.807, 2.05) is 25.1 Å². The number of rotatable bonds is 3. The molecule has 128 valence electrons. The Hall–Kier alpha value is -2.96. The first-order valence-electron chi connectivity index (χ1n) is 8.49. The quantitative estimate of drug-likeness (QED) is 0.764. The maximum Gasteiger partial charge on any atom is 0.251 e. The summed E-state index contributed by atoms with van der Waals surface area (Å²) < 4.78 is 0. The molecule has 1 amide bonds. The Morgan fingerprint density at radius 2 is 2.12 bits per heavy atom. The Kier molecular flexibility index (Phi) is 4.05. The number of amides is 1. The van der Waals surface area contributed by atoms with Gasteiger partial charge in [-0.1, -0.05) is 6.07 Å². The van der Waals surface area contributed by atoms with Crippen molar-refractivity contribution in [3.05, 3.63) is 47.7 Å². The number of nitrogens with one attached hydrogen (secondary N) is 2. The molecule has 2 aromatic heterocycles. The molecule has 1 fully saturated rings. The fraction of sp³-hybridized carbons (Fsp3) is 0.333. The van der Waals surface area contributed by atoms with Crippen LogP contribution in [0.15, 0.2) is 36.4 Å². The lowest BCUT2D eigenvalue weighted by molar-refractivity contribution is 0.0933. The molecule has 7 heteroatoms. The molecule has 1 aromatic carbocycles. The summed E-state index contributed by atoms with van der Waals surface area (Å²) in [6.07, 6.45) is 2.00. The number of fused-ring (bicyclic) bond motifs is 1. The lowest BCUT2D eigenvalue weighted by Crippen LogP contribution is -2.48. The van der Waals surface area contributed by atoms with Crippen LogP contribution < -0.4 is 10.2 Å². The highest BCUT2D eigenvalue weighted by Gasteiger charge is 2.23. The van der Waals surface area contributed by atoms with E-state index < -0.39 is 0 Å². The number of aryl methyl sites for hydroxylation is 1. The van der Waals surface area contributed by atoms with Gasteiger partial charge < -0.3 is 10.2 Å². The van der Waals surface area contributed by atoms with E-state index >= 15 is 0 Å². The second-order valence-corrected chi connectivity index (χ2v) is 6.42. The molecule has 0 bridgehead atoms. The highest BCUT2D eigenvalue weighted by Crippen LogP contribution is 2.19. The van der Waals surface area contributed by atoms with Gasteiger partial charge >= 0.3 is 0 Å². The third-order valence-electron chi connectivity index (χ3n) is 4.53. The van der Waals surface area contributed by atoms with E-state index in [9.17, 15) is 4.79 Å². The second kappa shape index (κ2) is 6.51. The van der Waals surface area contributed by atoms with Gasteiger partial charge in [0.15, 0.2) is 0 Å². The van der Waals surface area contributed by atoms with Crippen LogP contribution in [0.25, 0.3) is 11.0 Å². The molecule has 25 heavy (non-hydrogen) atoms. The Balaban J connectivity index is 1.45. The third kappa shape index (κ3) is 3.31. The van der Waals surface area contributed by atoms with Crippen molar-refractivity contribution in [1.29, 1.82) is 0 Å². The van der Waals surface area contributed by atoms with Crippen molar-refractivity contribution in [3.63, 3.8) is 0 Å². The number of aromatic amines is 1. The molecule has 3 aromatic rings. The molecule has 0 radical (unpaired) electrons. The van der Waals surface area contributed by atoms with Gasteiger partial charge in [0.1, 0.15) is 16.9 Å². The van der Waals surface area contributed by atoms with Gasteiger partial charge in [-0.3, -0.25) is 4.79 Å². The van der Waals surface area contributed by atoms with Crippen LogP contribution in [0, 0.1) is 6.92 Å². The smallest absolute Gasteiger partial charge is 0.251 e. The van der Waals surface area contributed by atoms with Gasteiger partial charge in [-0.2, -0.15) is 15.4 Å². The standard InChI is InChI=1S/C18H20N6O/c1-12-4-2-6-17(19-12)24-9-3-5-14(11-24)20-18(25)13-7-8-15-16(10-13)22-23-21-15/h2,4,6-8,10,14H,3,5,9,11H2,1H3,(H,20,25)(H,21,22,23)/t14-/m0/s1. The van der Waals surface area contributed by atoms with Gasteiger partial charge in [-0.15, -0.1) is 0 Å². The molecular formula is C18H20N6O. The number of carbonyl (C=O) groups is 1. The summed E-state index contributed by atoms with van der Waals surface area (Å²) in [6, 6.07) is 11.5. The monoisotopic (exact) mass is 336 g/mol. The van der Waals surface area contributed by atoms with Crippen LogP contribution in [0.1, 0.15) is 28.9 Å². The van der Waals surface area contributed by atoms with Crippen LogP contribution in [0.2, 0.25) is 0 Å². The predicted octanol–water partition coefficient (Wildman–Crippen LogP) is 2.06.